The maximum absolute atomic E-state index is 13.0. The highest BCUT2D eigenvalue weighted by molar-refractivity contribution is 7.71. The summed E-state index contributed by atoms with van der Waals surface area (Å²) < 4.78 is 4.62. The minimum Gasteiger partial charge on any atom is -0.338 e. The van der Waals surface area contributed by atoms with Crippen LogP contribution in [0.4, 0.5) is 0 Å². The highest BCUT2D eigenvalue weighted by Crippen LogP contribution is 2.32. The molecule has 4 heterocycles. The largest absolute Gasteiger partial charge is 0.338 e. The molecule has 3 aromatic heterocycles. The number of aromatic amines is 1. The van der Waals surface area contributed by atoms with Crippen LogP contribution in [0.15, 0.2) is 6.07 Å². The van der Waals surface area contributed by atoms with Gasteiger partial charge in [0.2, 0.25) is 0 Å². The van der Waals surface area contributed by atoms with Crippen molar-refractivity contribution in [3.63, 3.8) is 0 Å². The number of hydrogen-bond acceptors (Lipinski definition) is 5. The first-order valence-electron chi connectivity index (χ1n) is 9.26. The summed E-state index contributed by atoms with van der Waals surface area (Å²) in [6, 6.07) is 2.27. The summed E-state index contributed by atoms with van der Waals surface area (Å²) in [7, 11) is 1.92. The maximum atomic E-state index is 13.0. The Labute approximate surface area is 167 Å². The van der Waals surface area contributed by atoms with Crippen LogP contribution in [-0.2, 0) is 7.05 Å². The third-order valence-electron chi connectivity index (χ3n) is 5.30. The molecule has 9 heteroatoms. The van der Waals surface area contributed by atoms with Gasteiger partial charge in [0.25, 0.3) is 5.91 Å². The lowest BCUT2D eigenvalue weighted by Gasteiger charge is -2.31. The Balaban J connectivity index is 1.49. The summed E-state index contributed by atoms with van der Waals surface area (Å²) in [5, 5.41) is 12.9. The molecule has 0 aliphatic carbocycles. The van der Waals surface area contributed by atoms with Crippen LogP contribution in [0, 0.1) is 11.7 Å². The number of nitrogens with one attached hydrogen (secondary N) is 1. The monoisotopic (exact) mass is 404 g/mol. The maximum Gasteiger partial charge on any atom is 0.264 e. The van der Waals surface area contributed by atoms with Crippen molar-refractivity contribution >= 4 is 39.7 Å². The van der Waals surface area contributed by atoms with E-state index in [4.69, 9.17) is 12.2 Å². The van der Waals surface area contributed by atoms with Crippen molar-refractivity contribution < 1.29 is 4.79 Å². The smallest absolute Gasteiger partial charge is 0.264 e. The number of carbonyl (C=O) groups excluding carboxylic acids is 1. The molecule has 1 aliphatic rings. The fourth-order valence-corrected chi connectivity index (χ4v) is 5.35. The molecule has 1 saturated heterocycles. The van der Waals surface area contributed by atoms with Crippen molar-refractivity contribution in [2.24, 2.45) is 7.05 Å². The topological polar surface area (TPSA) is 71.7 Å². The molecule has 1 aliphatic heterocycles. The lowest BCUT2D eigenvalue weighted by Crippen LogP contribution is -2.38. The van der Waals surface area contributed by atoms with E-state index in [1.54, 1.807) is 0 Å². The van der Waals surface area contributed by atoms with Gasteiger partial charge < -0.3 is 9.47 Å². The standard InChI is InChI=1S/C18H24N6OS2/c1-10(2)24-15(19-20-18(24)26)12-5-7-23(8-6-12)16(25)14-9-13-11(3)21-22(4)17(13)27-14/h9-10,12H,5-8H2,1-4H3,(H,20,26). The quantitative estimate of drug-likeness (QED) is 0.674. The van der Waals surface area contributed by atoms with Gasteiger partial charge in [-0.2, -0.15) is 10.2 Å². The first-order valence-corrected chi connectivity index (χ1v) is 10.5. The van der Waals surface area contributed by atoms with Gasteiger partial charge in [-0.3, -0.25) is 14.6 Å². The van der Waals surface area contributed by atoms with E-state index in [1.165, 1.54) is 11.3 Å². The minimum atomic E-state index is 0.122. The van der Waals surface area contributed by atoms with Gasteiger partial charge in [-0.15, -0.1) is 11.3 Å². The number of amides is 1. The number of H-pyrrole nitrogens is 1. The third-order valence-corrected chi connectivity index (χ3v) is 6.78. The Bertz CT molecular complexity index is 1010. The van der Waals surface area contributed by atoms with E-state index in [0.717, 1.165) is 52.5 Å². The van der Waals surface area contributed by atoms with E-state index in [-0.39, 0.29) is 11.9 Å². The molecule has 144 valence electrons. The summed E-state index contributed by atoms with van der Waals surface area (Å²) in [5.74, 6) is 1.47. The number of nitrogens with zero attached hydrogens (tertiary/aromatic N) is 5. The lowest BCUT2D eigenvalue weighted by molar-refractivity contribution is 0.0715. The van der Waals surface area contributed by atoms with E-state index in [1.807, 2.05) is 29.6 Å². The van der Waals surface area contributed by atoms with Crippen LogP contribution in [-0.4, -0.2) is 48.4 Å². The Morgan fingerprint density at radius 3 is 2.70 bits per heavy atom. The fraction of sp³-hybridized carbons (Fsp3) is 0.556. The molecule has 0 spiro atoms. The molecular weight excluding hydrogens is 380 g/mol. The van der Waals surface area contributed by atoms with Crippen LogP contribution in [0.25, 0.3) is 10.2 Å². The van der Waals surface area contributed by atoms with Crippen molar-refractivity contribution in [3.8, 4) is 0 Å². The Hall–Kier alpha value is -2.00. The predicted molar refractivity (Wildman–Crippen MR) is 109 cm³/mol. The van der Waals surface area contributed by atoms with Gasteiger partial charge in [0.1, 0.15) is 10.7 Å². The number of aryl methyl sites for hydroxylation is 2. The number of likely N-dealkylation sites (tertiary alicyclic amines) is 1. The molecule has 0 atom stereocenters. The summed E-state index contributed by atoms with van der Waals surface area (Å²) in [5.41, 5.74) is 0.970. The molecule has 0 bridgehead atoms. The highest BCUT2D eigenvalue weighted by Gasteiger charge is 2.29. The second kappa shape index (κ2) is 6.87. The minimum absolute atomic E-state index is 0.122. The zero-order valence-electron chi connectivity index (χ0n) is 16.0. The Morgan fingerprint density at radius 2 is 2.07 bits per heavy atom. The molecule has 7 nitrogen and oxygen atoms in total. The first-order chi connectivity index (χ1) is 12.9. The molecular formula is C18H24N6OS2. The summed E-state index contributed by atoms with van der Waals surface area (Å²) in [4.78, 5) is 16.8. The SMILES string of the molecule is Cc1nn(C)c2sc(C(=O)N3CCC(c4n[nH]c(=S)n4C(C)C)CC3)cc12. The number of carbonyl (C=O) groups is 1. The second-order valence-electron chi connectivity index (χ2n) is 7.46. The van der Waals surface area contributed by atoms with Crippen molar-refractivity contribution in [2.45, 2.75) is 45.6 Å². The number of rotatable bonds is 3. The van der Waals surface area contributed by atoms with Crippen molar-refractivity contribution in [1.29, 1.82) is 0 Å². The molecule has 0 aromatic carbocycles. The number of piperidine rings is 1. The van der Waals surface area contributed by atoms with E-state index < -0.39 is 0 Å². The molecule has 0 saturated carbocycles. The third kappa shape index (κ3) is 3.12. The van der Waals surface area contributed by atoms with E-state index in [2.05, 4.69) is 33.7 Å². The van der Waals surface area contributed by atoms with Crippen LogP contribution < -0.4 is 0 Å². The number of aromatic nitrogens is 5. The van der Waals surface area contributed by atoms with Crippen LogP contribution >= 0.6 is 23.6 Å². The number of hydrogen-bond donors (Lipinski definition) is 1. The summed E-state index contributed by atoms with van der Waals surface area (Å²) >= 11 is 6.89. The normalized spacial score (nSPS) is 16.0. The van der Waals surface area contributed by atoms with Gasteiger partial charge in [0.05, 0.1) is 10.6 Å². The molecule has 0 unspecified atom stereocenters. The van der Waals surface area contributed by atoms with Crippen LogP contribution in [0.5, 0.6) is 0 Å². The Kier molecular flexibility index (Phi) is 4.67. The van der Waals surface area contributed by atoms with E-state index in [9.17, 15) is 4.79 Å². The van der Waals surface area contributed by atoms with Crippen molar-refractivity contribution in [2.75, 3.05) is 13.1 Å². The zero-order chi connectivity index (χ0) is 19.3. The van der Waals surface area contributed by atoms with Crippen LogP contribution in [0.3, 0.4) is 0 Å². The first kappa shape index (κ1) is 18.4. The fourth-order valence-electron chi connectivity index (χ4n) is 3.91. The molecule has 1 N–H and O–H groups in total. The zero-order valence-corrected chi connectivity index (χ0v) is 17.7. The number of fused-ring (bicyclic) bond motifs is 1. The molecule has 1 fully saturated rings. The van der Waals surface area contributed by atoms with Gasteiger partial charge in [0, 0.05) is 37.5 Å². The Morgan fingerprint density at radius 1 is 1.37 bits per heavy atom. The van der Waals surface area contributed by atoms with Crippen molar-refractivity contribution in [3.05, 3.63) is 27.2 Å². The van der Waals surface area contributed by atoms with Gasteiger partial charge in [-0.25, -0.2) is 0 Å². The molecule has 0 radical (unpaired) electrons. The van der Waals surface area contributed by atoms with Crippen molar-refractivity contribution in [1.82, 2.24) is 29.4 Å². The number of thiophene rings is 1. The van der Waals surface area contributed by atoms with E-state index in [0.29, 0.717) is 10.7 Å². The second-order valence-corrected chi connectivity index (χ2v) is 8.87. The van der Waals surface area contributed by atoms with Gasteiger partial charge >= 0.3 is 0 Å². The van der Waals surface area contributed by atoms with Crippen LogP contribution in [0.2, 0.25) is 0 Å². The average molecular weight is 405 g/mol. The summed E-state index contributed by atoms with van der Waals surface area (Å²) in [6.07, 6.45) is 1.81. The summed E-state index contributed by atoms with van der Waals surface area (Å²) in [6.45, 7) is 7.70. The lowest BCUT2D eigenvalue weighted by atomic mass is 9.95. The van der Waals surface area contributed by atoms with E-state index >= 15 is 0 Å². The van der Waals surface area contributed by atoms with Crippen LogP contribution in [0.1, 0.15) is 59.8 Å². The van der Waals surface area contributed by atoms with Gasteiger partial charge in [-0.1, -0.05) is 0 Å². The molecule has 4 rings (SSSR count). The molecule has 3 aromatic rings. The molecule has 27 heavy (non-hydrogen) atoms. The van der Waals surface area contributed by atoms with Gasteiger partial charge in [-0.05, 0) is 51.9 Å². The average Bonchev–Trinajstić information content (AvgIpc) is 3.31. The predicted octanol–water partition coefficient (Wildman–Crippen LogP) is 3.80. The highest BCUT2D eigenvalue weighted by atomic mass is 32.1. The van der Waals surface area contributed by atoms with Gasteiger partial charge in [0.15, 0.2) is 4.77 Å². The molecule has 1 amide bonds.